The fraction of sp³-hybridized carbons (Fsp3) is 0.133. The maximum atomic E-state index is 12.5. The molecule has 0 spiro atoms. The van der Waals surface area contributed by atoms with Gasteiger partial charge >= 0.3 is 6.18 Å². The third kappa shape index (κ3) is 3.34. The number of anilines is 2. The molecule has 0 unspecified atom stereocenters. The van der Waals surface area contributed by atoms with E-state index in [0.29, 0.717) is 11.4 Å². The van der Waals surface area contributed by atoms with Gasteiger partial charge in [0, 0.05) is 18.7 Å². The Hall–Kier alpha value is -2.50. The number of alkyl halides is 3. The maximum Gasteiger partial charge on any atom is 0.416 e. The van der Waals surface area contributed by atoms with Gasteiger partial charge in [0.1, 0.15) is 5.75 Å². The van der Waals surface area contributed by atoms with E-state index in [1.165, 1.54) is 36.1 Å². The average Bonchev–Trinajstić information content (AvgIpc) is 2.38. The summed E-state index contributed by atoms with van der Waals surface area (Å²) in [7, 11) is 0. The number of hydrogen-bond acceptors (Lipinski definition) is 2. The zero-order chi connectivity index (χ0) is 15.6. The van der Waals surface area contributed by atoms with Crippen molar-refractivity contribution in [2.24, 2.45) is 0 Å². The second kappa shape index (κ2) is 5.47. The predicted octanol–water partition coefficient (Wildman–Crippen LogP) is 4.10. The molecule has 0 atom stereocenters. The summed E-state index contributed by atoms with van der Waals surface area (Å²) in [6.45, 7) is 1.29. The Morgan fingerprint density at radius 2 is 1.67 bits per heavy atom. The Kier molecular flexibility index (Phi) is 3.88. The van der Waals surface area contributed by atoms with E-state index in [9.17, 15) is 23.1 Å². The Bertz CT molecular complexity index is 651. The number of phenolic OH excluding ortho intramolecular Hbond substituents is 1. The third-order valence-electron chi connectivity index (χ3n) is 2.86. The van der Waals surface area contributed by atoms with Gasteiger partial charge in [-0.15, -0.1) is 0 Å². The number of halogens is 3. The third-order valence-corrected chi connectivity index (χ3v) is 2.86. The number of carbonyl (C=O) groups is 1. The van der Waals surface area contributed by atoms with E-state index < -0.39 is 11.7 Å². The molecule has 2 aromatic carbocycles. The Balaban J connectivity index is 2.42. The summed E-state index contributed by atoms with van der Waals surface area (Å²) in [6.07, 6.45) is -4.43. The van der Waals surface area contributed by atoms with Crippen molar-refractivity contribution >= 4 is 17.3 Å². The van der Waals surface area contributed by atoms with Crippen LogP contribution in [0, 0.1) is 0 Å². The molecular formula is C15H12F3NO2. The van der Waals surface area contributed by atoms with Gasteiger partial charge < -0.3 is 5.11 Å². The zero-order valence-electron chi connectivity index (χ0n) is 11.1. The van der Waals surface area contributed by atoms with Crippen molar-refractivity contribution in [1.29, 1.82) is 0 Å². The topological polar surface area (TPSA) is 40.5 Å². The summed E-state index contributed by atoms with van der Waals surface area (Å²) >= 11 is 0. The second-order valence-corrected chi connectivity index (χ2v) is 4.42. The summed E-state index contributed by atoms with van der Waals surface area (Å²) in [5, 5.41) is 9.45. The number of aromatic hydroxyl groups is 1. The lowest BCUT2D eigenvalue weighted by Crippen LogP contribution is -2.22. The summed E-state index contributed by atoms with van der Waals surface area (Å²) in [5.74, 6) is -0.411. The van der Waals surface area contributed by atoms with E-state index in [0.717, 1.165) is 12.1 Å². The number of hydrogen-bond donors (Lipinski definition) is 1. The Morgan fingerprint density at radius 1 is 1.05 bits per heavy atom. The van der Waals surface area contributed by atoms with Crippen molar-refractivity contribution in [3.05, 3.63) is 54.1 Å². The zero-order valence-corrected chi connectivity index (χ0v) is 11.1. The number of nitrogens with zero attached hydrogens (tertiary/aromatic N) is 1. The maximum absolute atomic E-state index is 12.5. The minimum atomic E-state index is -4.43. The lowest BCUT2D eigenvalue weighted by molar-refractivity contribution is -0.137. The molecular weight excluding hydrogens is 283 g/mol. The van der Waals surface area contributed by atoms with Crippen LogP contribution >= 0.6 is 0 Å². The SMILES string of the molecule is CC(=O)N(c1ccc(C(F)(F)F)cc1)c1cccc(O)c1. The van der Waals surface area contributed by atoms with Crippen molar-refractivity contribution in [2.75, 3.05) is 4.90 Å². The minimum absolute atomic E-state index is 0.0364. The van der Waals surface area contributed by atoms with Gasteiger partial charge in [0.05, 0.1) is 11.3 Å². The molecule has 0 fully saturated rings. The normalized spacial score (nSPS) is 11.2. The highest BCUT2D eigenvalue weighted by Crippen LogP contribution is 2.33. The van der Waals surface area contributed by atoms with Crippen LogP contribution in [-0.4, -0.2) is 11.0 Å². The number of amides is 1. The second-order valence-electron chi connectivity index (χ2n) is 4.42. The van der Waals surface area contributed by atoms with Gasteiger partial charge in [-0.25, -0.2) is 0 Å². The van der Waals surface area contributed by atoms with Gasteiger partial charge in [-0.3, -0.25) is 9.69 Å². The molecule has 0 bridgehead atoms. The van der Waals surface area contributed by atoms with Crippen LogP contribution in [-0.2, 0) is 11.0 Å². The molecule has 0 aliphatic carbocycles. The Morgan fingerprint density at radius 3 is 2.14 bits per heavy atom. The largest absolute Gasteiger partial charge is 0.508 e. The van der Waals surface area contributed by atoms with Gasteiger partial charge in [0.15, 0.2) is 0 Å². The standard InChI is InChI=1S/C15H12F3NO2/c1-10(20)19(13-3-2-4-14(21)9-13)12-7-5-11(6-8-12)15(16,17)18/h2-9,21H,1H3. The molecule has 0 aliphatic rings. The molecule has 21 heavy (non-hydrogen) atoms. The fourth-order valence-electron chi connectivity index (χ4n) is 1.94. The van der Waals surface area contributed by atoms with Crippen LogP contribution in [0.4, 0.5) is 24.5 Å². The molecule has 1 N–H and O–H groups in total. The summed E-state index contributed by atoms with van der Waals surface area (Å²) in [6, 6.07) is 10.2. The van der Waals surface area contributed by atoms with E-state index in [2.05, 4.69) is 0 Å². The van der Waals surface area contributed by atoms with Crippen LogP contribution in [0.3, 0.4) is 0 Å². The van der Waals surface area contributed by atoms with Gasteiger partial charge in [0.25, 0.3) is 0 Å². The lowest BCUT2D eigenvalue weighted by Gasteiger charge is -2.22. The number of phenols is 1. The molecule has 6 heteroatoms. The minimum Gasteiger partial charge on any atom is -0.508 e. The van der Waals surface area contributed by atoms with E-state index in [-0.39, 0.29) is 11.7 Å². The summed E-state index contributed by atoms with van der Waals surface area (Å²) < 4.78 is 37.6. The molecule has 0 aromatic heterocycles. The highest BCUT2D eigenvalue weighted by atomic mass is 19.4. The van der Waals surface area contributed by atoms with Crippen LogP contribution in [0.5, 0.6) is 5.75 Å². The van der Waals surface area contributed by atoms with Gasteiger partial charge in [-0.1, -0.05) is 6.07 Å². The van der Waals surface area contributed by atoms with Gasteiger partial charge in [-0.05, 0) is 36.4 Å². The molecule has 2 rings (SSSR count). The smallest absolute Gasteiger partial charge is 0.416 e. The van der Waals surface area contributed by atoms with E-state index in [1.54, 1.807) is 12.1 Å². The van der Waals surface area contributed by atoms with Crippen LogP contribution in [0.1, 0.15) is 12.5 Å². The van der Waals surface area contributed by atoms with E-state index >= 15 is 0 Å². The fourth-order valence-corrected chi connectivity index (χ4v) is 1.94. The molecule has 2 aromatic rings. The molecule has 0 saturated carbocycles. The van der Waals surface area contributed by atoms with Crippen molar-refractivity contribution in [2.45, 2.75) is 13.1 Å². The first-order chi connectivity index (χ1) is 9.79. The number of benzene rings is 2. The molecule has 0 saturated heterocycles. The van der Waals surface area contributed by atoms with Crippen LogP contribution < -0.4 is 4.90 Å². The van der Waals surface area contributed by atoms with Crippen LogP contribution in [0.15, 0.2) is 48.5 Å². The van der Waals surface area contributed by atoms with E-state index in [4.69, 9.17) is 0 Å². The highest BCUT2D eigenvalue weighted by molar-refractivity contribution is 5.99. The van der Waals surface area contributed by atoms with E-state index in [1.807, 2.05) is 0 Å². The molecule has 110 valence electrons. The van der Waals surface area contributed by atoms with Crippen LogP contribution in [0.25, 0.3) is 0 Å². The molecule has 3 nitrogen and oxygen atoms in total. The lowest BCUT2D eigenvalue weighted by atomic mass is 10.1. The highest BCUT2D eigenvalue weighted by Gasteiger charge is 2.30. The molecule has 1 amide bonds. The molecule has 0 radical (unpaired) electrons. The number of rotatable bonds is 2. The summed E-state index contributed by atoms with van der Waals surface area (Å²) in [4.78, 5) is 13.0. The van der Waals surface area contributed by atoms with Crippen molar-refractivity contribution < 1.29 is 23.1 Å². The van der Waals surface area contributed by atoms with Gasteiger partial charge in [0.2, 0.25) is 5.91 Å². The van der Waals surface area contributed by atoms with Crippen molar-refractivity contribution in [3.8, 4) is 5.75 Å². The first-order valence-electron chi connectivity index (χ1n) is 6.06. The summed E-state index contributed by atoms with van der Waals surface area (Å²) in [5.41, 5.74) is -0.117. The van der Waals surface area contributed by atoms with Crippen LogP contribution in [0.2, 0.25) is 0 Å². The first-order valence-corrected chi connectivity index (χ1v) is 6.06. The van der Waals surface area contributed by atoms with Gasteiger partial charge in [-0.2, -0.15) is 13.2 Å². The molecule has 0 aliphatic heterocycles. The molecule has 0 heterocycles. The predicted molar refractivity (Wildman–Crippen MR) is 72.4 cm³/mol. The monoisotopic (exact) mass is 295 g/mol. The van der Waals surface area contributed by atoms with Crippen molar-refractivity contribution in [3.63, 3.8) is 0 Å². The Labute approximate surface area is 119 Å². The average molecular weight is 295 g/mol. The first kappa shape index (κ1) is 14.9. The quantitative estimate of drug-likeness (QED) is 0.906. The number of carbonyl (C=O) groups excluding carboxylic acids is 1. The van der Waals surface area contributed by atoms with Crippen molar-refractivity contribution in [1.82, 2.24) is 0 Å².